The molecule has 1 amide bonds. The number of furan rings is 1. The first-order valence-electron chi connectivity index (χ1n) is 12.8. The lowest BCUT2D eigenvalue weighted by Crippen LogP contribution is -2.31. The number of nitrogens with zero attached hydrogens (tertiary/aromatic N) is 3. The fraction of sp³-hybridized carbons (Fsp3) is 0.133. The van der Waals surface area contributed by atoms with Gasteiger partial charge >= 0.3 is 0 Å². The number of hydrogen-bond donors (Lipinski definition) is 1. The minimum Gasteiger partial charge on any atom is -0.503 e. The van der Waals surface area contributed by atoms with Gasteiger partial charge in [0.25, 0.3) is 5.91 Å². The molecule has 8 nitrogen and oxygen atoms in total. The van der Waals surface area contributed by atoms with Crippen LogP contribution in [0.4, 0.5) is 5.13 Å². The van der Waals surface area contributed by atoms with Crippen LogP contribution >= 0.6 is 46.3 Å². The minimum absolute atomic E-state index is 0.0108. The number of hydrogen-bond acceptors (Lipinski definition) is 9. The molecule has 212 valence electrons. The number of aliphatic hydroxyl groups is 1. The number of fused-ring (bicyclic) bond motifs is 1. The molecule has 5 aromatic rings. The van der Waals surface area contributed by atoms with Gasteiger partial charge in [0.05, 0.1) is 18.2 Å². The Morgan fingerprint density at radius 3 is 2.62 bits per heavy atom. The van der Waals surface area contributed by atoms with E-state index in [9.17, 15) is 14.7 Å². The predicted molar refractivity (Wildman–Crippen MR) is 164 cm³/mol. The highest BCUT2D eigenvalue weighted by molar-refractivity contribution is 8.00. The number of ether oxygens (including phenoxy) is 1. The van der Waals surface area contributed by atoms with Crippen LogP contribution in [0.1, 0.15) is 34.6 Å². The Morgan fingerprint density at radius 2 is 1.88 bits per heavy atom. The molecule has 3 heterocycles. The second-order valence-electron chi connectivity index (χ2n) is 9.19. The van der Waals surface area contributed by atoms with Gasteiger partial charge in [-0.3, -0.25) is 14.5 Å². The number of carbonyl (C=O) groups excluding carboxylic acids is 2. The maximum absolute atomic E-state index is 13.8. The first kappa shape index (κ1) is 28.3. The number of aliphatic hydroxyl groups excluding tert-OH is 1. The number of Topliss-reactive ketones (excluding diaryl/α,β-unsaturated/α-hetero) is 1. The molecule has 1 aliphatic rings. The first-order chi connectivity index (χ1) is 20.3. The molecule has 3 aromatic carbocycles. The van der Waals surface area contributed by atoms with Crippen molar-refractivity contribution in [3.05, 3.63) is 111 Å². The van der Waals surface area contributed by atoms with Gasteiger partial charge < -0.3 is 14.3 Å². The second-order valence-corrected chi connectivity index (χ2v) is 12.2. The molecular weight excluding hydrogens is 617 g/mol. The van der Waals surface area contributed by atoms with Crippen LogP contribution in [0.3, 0.4) is 0 Å². The largest absolute Gasteiger partial charge is 0.503 e. The fourth-order valence-corrected chi connectivity index (χ4v) is 7.05. The summed E-state index contributed by atoms with van der Waals surface area (Å²) in [5.41, 5.74) is 1.85. The summed E-state index contributed by atoms with van der Waals surface area (Å²) in [6.45, 7) is 2.36. The molecule has 0 saturated carbocycles. The Kier molecular flexibility index (Phi) is 7.96. The lowest BCUT2D eigenvalue weighted by Gasteiger charge is -2.24. The smallest absolute Gasteiger partial charge is 0.296 e. The van der Waals surface area contributed by atoms with Crippen LogP contribution in [0.2, 0.25) is 10.0 Å². The van der Waals surface area contributed by atoms with E-state index in [1.165, 1.54) is 28.0 Å². The highest BCUT2D eigenvalue weighted by Gasteiger charge is 2.46. The van der Waals surface area contributed by atoms with Crippen LogP contribution < -0.4 is 9.64 Å². The fourth-order valence-electron chi connectivity index (χ4n) is 4.63. The standard InChI is InChI=1S/C30H21Cl2N3O5S2/c1-2-39-20-11-8-16(9-12-20)25-24(26(36)23-13-17-5-3-4-6-22(17)40-23)27(37)28(38)35(25)29-33-34-30(42-29)41-15-18-7-10-19(31)14-21(18)32/h3-14,25,37H,2,15H2,1H3. The zero-order valence-electron chi connectivity index (χ0n) is 21.9. The van der Waals surface area contributed by atoms with E-state index in [1.807, 2.05) is 25.1 Å². The minimum atomic E-state index is -0.981. The average Bonchev–Trinajstić information content (AvgIpc) is 3.69. The lowest BCUT2D eigenvalue weighted by molar-refractivity contribution is -0.117. The van der Waals surface area contributed by atoms with Crippen LogP contribution in [-0.2, 0) is 10.5 Å². The number of ketones is 1. The number of aromatic nitrogens is 2. The molecule has 1 unspecified atom stereocenters. The van der Waals surface area contributed by atoms with Crippen molar-refractivity contribution in [2.45, 2.75) is 23.1 Å². The van der Waals surface area contributed by atoms with E-state index < -0.39 is 23.5 Å². The van der Waals surface area contributed by atoms with Crippen molar-refractivity contribution in [1.82, 2.24) is 10.2 Å². The summed E-state index contributed by atoms with van der Waals surface area (Å²) >= 11 is 14.9. The van der Waals surface area contributed by atoms with Gasteiger partial charge in [-0.05, 0) is 54.4 Å². The van der Waals surface area contributed by atoms with Crippen LogP contribution in [0, 0.1) is 0 Å². The van der Waals surface area contributed by atoms with Gasteiger partial charge in [-0.1, -0.05) is 82.7 Å². The second kappa shape index (κ2) is 11.8. The zero-order valence-corrected chi connectivity index (χ0v) is 25.1. The number of rotatable bonds is 9. The number of benzene rings is 3. The van der Waals surface area contributed by atoms with Gasteiger partial charge in [-0.15, -0.1) is 10.2 Å². The number of thioether (sulfide) groups is 1. The topological polar surface area (TPSA) is 106 Å². The molecule has 0 aliphatic carbocycles. The van der Waals surface area contributed by atoms with Crippen molar-refractivity contribution in [2.75, 3.05) is 11.5 Å². The third-order valence-electron chi connectivity index (χ3n) is 6.58. The Hall–Kier alpha value is -3.83. The van der Waals surface area contributed by atoms with Gasteiger partial charge in [-0.25, -0.2) is 0 Å². The molecule has 0 fully saturated rings. The number of amides is 1. The summed E-state index contributed by atoms with van der Waals surface area (Å²) in [5.74, 6) is -0.892. The van der Waals surface area contributed by atoms with E-state index in [4.69, 9.17) is 32.4 Å². The van der Waals surface area contributed by atoms with Crippen LogP contribution in [0.25, 0.3) is 11.0 Å². The van der Waals surface area contributed by atoms with Gasteiger partial charge in [0.1, 0.15) is 11.3 Å². The molecule has 2 aromatic heterocycles. The molecule has 12 heteroatoms. The quantitative estimate of drug-likeness (QED) is 0.0982. The Bertz CT molecular complexity index is 1820. The van der Waals surface area contributed by atoms with Crippen molar-refractivity contribution in [2.24, 2.45) is 0 Å². The van der Waals surface area contributed by atoms with Gasteiger partial charge in [-0.2, -0.15) is 0 Å². The van der Waals surface area contributed by atoms with Crippen LogP contribution in [0.5, 0.6) is 5.75 Å². The summed E-state index contributed by atoms with van der Waals surface area (Å²) in [6.07, 6.45) is 0. The third kappa shape index (κ3) is 5.38. The normalized spacial score (nSPS) is 15.2. The van der Waals surface area contributed by atoms with Gasteiger partial charge in [0.15, 0.2) is 15.9 Å². The van der Waals surface area contributed by atoms with Crippen LogP contribution in [-0.4, -0.2) is 33.6 Å². The van der Waals surface area contributed by atoms with E-state index >= 15 is 0 Å². The van der Waals surface area contributed by atoms with E-state index in [-0.39, 0.29) is 16.5 Å². The molecule has 0 spiro atoms. The molecule has 1 aliphatic heterocycles. The number of carbonyl (C=O) groups is 2. The summed E-state index contributed by atoms with van der Waals surface area (Å²) in [6, 6.07) is 20.1. The van der Waals surface area contributed by atoms with Gasteiger partial charge in [0.2, 0.25) is 10.9 Å². The highest BCUT2D eigenvalue weighted by Crippen LogP contribution is 2.44. The zero-order chi connectivity index (χ0) is 29.4. The van der Waals surface area contributed by atoms with Crippen LogP contribution in [0.15, 0.2) is 92.9 Å². The predicted octanol–water partition coefficient (Wildman–Crippen LogP) is 8.07. The Balaban J connectivity index is 1.35. The highest BCUT2D eigenvalue weighted by atomic mass is 35.5. The Morgan fingerprint density at radius 1 is 1.10 bits per heavy atom. The van der Waals surface area contributed by atoms with Gasteiger partial charge in [0, 0.05) is 21.2 Å². The van der Waals surface area contributed by atoms with Crippen molar-refractivity contribution < 1.29 is 23.8 Å². The maximum atomic E-state index is 13.8. The number of halogens is 2. The molecule has 0 bridgehead atoms. The van der Waals surface area contributed by atoms with E-state index in [1.54, 1.807) is 54.6 Å². The SMILES string of the molecule is CCOc1ccc(C2C(C(=O)c3cc4ccccc4o3)=C(O)C(=O)N2c2nnc(SCc3ccc(Cl)cc3Cl)s2)cc1. The van der Waals surface area contributed by atoms with Crippen molar-refractivity contribution in [3.63, 3.8) is 0 Å². The lowest BCUT2D eigenvalue weighted by atomic mass is 9.95. The third-order valence-corrected chi connectivity index (χ3v) is 9.27. The summed E-state index contributed by atoms with van der Waals surface area (Å²) in [5, 5.41) is 21.6. The molecule has 42 heavy (non-hydrogen) atoms. The van der Waals surface area contributed by atoms with Crippen molar-refractivity contribution in [1.29, 1.82) is 0 Å². The number of anilines is 1. The van der Waals surface area contributed by atoms with E-state index in [2.05, 4.69) is 10.2 Å². The average molecular weight is 639 g/mol. The van der Waals surface area contributed by atoms with Crippen molar-refractivity contribution in [3.8, 4) is 5.75 Å². The van der Waals surface area contributed by atoms with E-state index in [0.29, 0.717) is 43.6 Å². The Labute approximate surface area is 258 Å². The van der Waals surface area contributed by atoms with E-state index in [0.717, 1.165) is 10.9 Å². The first-order valence-corrected chi connectivity index (χ1v) is 15.3. The molecule has 1 N–H and O–H groups in total. The maximum Gasteiger partial charge on any atom is 0.296 e. The molecule has 0 radical (unpaired) electrons. The molecule has 1 atom stereocenters. The molecular formula is C30H21Cl2N3O5S2. The summed E-state index contributed by atoms with van der Waals surface area (Å²) < 4.78 is 12.0. The number of para-hydroxylation sites is 1. The summed E-state index contributed by atoms with van der Waals surface area (Å²) in [4.78, 5) is 28.7. The monoisotopic (exact) mass is 637 g/mol. The molecule has 6 rings (SSSR count). The van der Waals surface area contributed by atoms with Crippen molar-refractivity contribution >= 4 is 74.1 Å². The molecule has 0 saturated heterocycles. The summed E-state index contributed by atoms with van der Waals surface area (Å²) in [7, 11) is 0.